The molecule has 1 saturated heterocycles. The van der Waals surface area contributed by atoms with Gasteiger partial charge in [-0.05, 0) is 27.0 Å². The minimum Gasteiger partial charge on any atom is -0.462 e. The molecular formula is C14H22N4O2. The van der Waals surface area contributed by atoms with E-state index < -0.39 is 5.97 Å². The Kier molecular flexibility index (Phi) is 4.44. The second-order valence-electron chi connectivity index (χ2n) is 5.09. The molecule has 2 N–H and O–H groups in total. The topological polar surface area (TPSA) is 71.7 Å². The molecule has 6 nitrogen and oxygen atoms in total. The highest BCUT2D eigenvalue weighted by molar-refractivity contribution is 5.97. The largest absolute Gasteiger partial charge is 0.462 e. The fraction of sp³-hybridized carbons (Fsp3) is 0.571. The lowest BCUT2D eigenvalue weighted by Gasteiger charge is -2.38. The van der Waals surface area contributed by atoms with Gasteiger partial charge in [0.1, 0.15) is 0 Å². The molecule has 1 aromatic rings. The number of likely N-dealkylation sites (N-methyl/N-ethyl adjacent to an activating group) is 1. The van der Waals surface area contributed by atoms with Gasteiger partial charge in [-0.15, -0.1) is 0 Å². The van der Waals surface area contributed by atoms with Gasteiger partial charge in [0, 0.05) is 31.9 Å². The molecule has 6 heteroatoms. The summed E-state index contributed by atoms with van der Waals surface area (Å²) in [7, 11) is 2.10. The zero-order valence-electron chi connectivity index (χ0n) is 12.3. The third kappa shape index (κ3) is 2.85. The van der Waals surface area contributed by atoms with Crippen molar-refractivity contribution in [3.8, 4) is 0 Å². The van der Waals surface area contributed by atoms with E-state index in [0.717, 1.165) is 19.6 Å². The summed E-state index contributed by atoms with van der Waals surface area (Å²) in [6, 6.07) is 2.03. The van der Waals surface area contributed by atoms with Crippen molar-refractivity contribution in [1.82, 2.24) is 9.88 Å². The summed E-state index contributed by atoms with van der Waals surface area (Å²) in [5, 5.41) is 0. The fourth-order valence-corrected chi connectivity index (χ4v) is 2.34. The number of ether oxygens (including phenoxy) is 1. The Labute approximate surface area is 119 Å². The number of carbonyl (C=O) groups is 1. The van der Waals surface area contributed by atoms with E-state index in [-0.39, 0.29) is 0 Å². The number of esters is 1. The number of hydrogen-bond acceptors (Lipinski definition) is 6. The SMILES string of the molecule is CCOC(=O)c1ccnc(N2CCN(C)C(C)C2)c1N. The van der Waals surface area contributed by atoms with Crippen LogP contribution in [-0.2, 0) is 4.74 Å². The molecule has 0 amide bonds. The second kappa shape index (κ2) is 6.09. The Bertz CT molecular complexity index is 492. The van der Waals surface area contributed by atoms with Crippen LogP contribution in [0.3, 0.4) is 0 Å². The zero-order valence-corrected chi connectivity index (χ0v) is 12.3. The van der Waals surface area contributed by atoms with Crippen molar-refractivity contribution >= 4 is 17.5 Å². The number of nitrogens with two attached hydrogens (primary N) is 1. The lowest BCUT2D eigenvalue weighted by Crippen LogP contribution is -2.50. The summed E-state index contributed by atoms with van der Waals surface area (Å²) in [5.41, 5.74) is 6.90. The Morgan fingerprint density at radius 1 is 1.55 bits per heavy atom. The predicted molar refractivity (Wildman–Crippen MR) is 78.9 cm³/mol. The fourth-order valence-electron chi connectivity index (χ4n) is 2.34. The Morgan fingerprint density at radius 3 is 2.95 bits per heavy atom. The van der Waals surface area contributed by atoms with E-state index >= 15 is 0 Å². The van der Waals surface area contributed by atoms with E-state index in [2.05, 4.69) is 28.8 Å². The minimum atomic E-state index is -0.393. The third-order valence-electron chi connectivity index (χ3n) is 3.72. The van der Waals surface area contributed by atoms with Gasteiger partial charge in [0.2, 0.25) is 0 Å². The van der Waals surface area contributed by atoms with Gasteiger partial charge in [0.15, 0.2) is 5.82 Å². The first kappa shape index (κ1) is 14.6. The van der Waals surface area contributed by atoms with Crippen LogP contribution in [0.2, 0.25) is 0 Å². The average molecular weight is 278 g/mol. The van der Waals surface area contributed by atoms with Crippen LogP contribution in [0.4, 0.5) is 11.5 Å². The van der Waals surface area contributed by atoms with Gasteiger partial charge in [0.25, 0.3) is 0 Å². The molecule has 0 spiro atoms. The molecule has 0 aliphatic carbocycles. The molecule has 0 aromatic carbocycles. The molecule has 1 atom stereocenters. The molecule has 1 aliphatic rings. The first-order valence-corrected chi connectivity index (χ1v) is 6.91. The zero-order chi connectivity index (χ0) is 14.7. The smallest absolute Gasteiger partial charge is 0.340 e. The van der Waals surface area contributed by atoms with Crippen LogP contribution in [0.25, 0.3) is 0 Å². The molecule has 1 aliphatic heterocycles. The maximum atomic E-state index is 11.9. The predicted octanol–water partition coefficient (Wildman–Crippen LogP) is 0.981. The van der Waals surface area contributed by atoms with Gasteiger partial charge >= 0.3 is 5.97 Å². The molecule has 20 heavy (non-hydrogen) atoms. The van der Waals surface area contributed by atoms with E-state index in [9.17, 15) is 4.79 Å². The van der Waals surface area contributed by atoms with Gasteiger partial charge in [-0.2, -0.15) is 0 Å². The van der Waals surface area contributed by atoms with Gasteiger partial charge in [-0.25, -0.2) is 9.78 Å². The van der Waals surface area contributed by atoms with Crippen LogP contribution in [0.1, 0.15) is 24.2 Å². The van der Waals surface area contributed by atoms with Crippen LogP contribution < -0.4 is 10.6 Å². The first-order valence-electron chi connectivity index (χ1n) is 6.91. The summed E-state index contributed by atoms with van der Waals surface area (Å²) in [4.78, 5) is 20.6. The monoisotopic (exact) mass is 278 g/mol. The highest BCUT2D eigenvalue weighted by Crippen LogP contribution is 2.26. The van der Waals surface area contributed by atoms with E-state index in [4.69, 9.17) is 10.5 Å². The Hall–Kier alpha value is -1.82. The van der Waals surface area contributed by atoms with Gasteiger partial charge in [-0.1, -0.05) is 0 Å². The van der Waals surface area contributed by atoms with E-state index in [1.807, 2.05) is 0 Å². The third-order valence-corrected chi connectivity index (χ3v) is 3.72. The number of anilines is 2. The van der Waals surface area contributed by atoms with Crippen molar-refractivity contribution in [2.45, 2.75) is 19.9 Å². The highest BCUT2D eigenvalue weighted by atomic mass is 16.5. The molecule has 1 aromatic heterocycles. The number of aromatic nitrogens is 1. The molecule has 0 radical (unpaired) electrons. The van der Waals surface area contributed by atoms with E-state index in [1.165, 1.54) is 0 Å². The average Bonchev–Trinajstić information content (AvgIpc) is 2.42. The van der Waals surface area contributed by atoms with E-state index in [1.54, 1.807) is 19.2 Å². The number of hydrogen-bond donors (Lipinski definition) is 1. The van der Waals surface area contributed by atoms with Crippen LogP contribution in [0.15, 0.2) is 12.3 Å². The quantitative estimate of drug-likeness (QED) is 0.831. The number of carbonyl (C=O) groups excluding carboxylic acids is 1. The summed E-state index contributed by atoms with van der Waals surface area (Å²) in [5.74, 6) is 0.284. The van der Waals surface area contributed by atoms with Crippen molar-refractivity contribution in [1.29, 1.82) is 0 Å². The molecular weight excluding hydrogens is 256 g/mol. The summed E-state index contributed by atoms with van der Waals surface area (Å²) in [6.07, 6.45) is 1.61. The number of nitrogens with zero attached hydrogens (tertiary/aromatic N) is 3. The van der Waals surface area contributed by atoms with Gasteiger partial charge in [0.05, 0.1) is 17.9 Å². The minimum absolute atomic E-state index is 0.335. The number of nitrogen functional groups attached to an aromatic ring is 1. The molecule has 0 saturated carbocycles. The second-order valence-corrected chi connectivity index (χ2v) is 5.09. The number of piperazine rings is 1. The number of rotatable bonds is 3. The lowest BCUT2D eigenvalue weighted by molar-refractivity contribution is 0.0527. The Morgan fingerprint density at radius 2 is 2.30 bits per heavy atom. The van der Waals surface area contributed by atoms with Crippen LogP contribution in [0, 0.1) is 0 Å². The van der Waals surface area contributed by atoms with Gasteiger partial charge in [-0.3, -0.25) is 0 Å². The van der Waals surface area contributed by atoms with Crippen molar-refractivity contribution in [2.24, 2.45) is 0 Å². The molecule has 2 rings (SSSR count). The summed E-state index contributed by atoms with van der Waals surface area (Å²) >= 11 is 0. The molecule has 1 unspecified atom stereocenters. The van der Waals surface area contributed by atoms with Crippen LogP contribution in [0.5, 0.6) is 0 Å². The van der Waals surface area contributed by atoms with Crippen LogP contribution in [-0.4, -0.2) is 55.2 Å². The normalized spacial score (nSPS) is 19.9. The van der Waals surface area contributed by atoms with E-state index in [0.29, 0.717) is 29.7 Å². The molecule has 1 fully saturated rings. The van der Waals surface area contributed by atoms with Crippen LogP contribution >= 0.6 is 0 Å². The van der Waals surface area contributed by atoms with Crippen molar-refractivity contribution in [3.63, 3.8) is 0 Å². The maximum Gasteiger partial charge on any atom is 0.340 e. The highest BCUT2D eigenvalue weighted by Gasteiger charge is 2.25. The summed E-state index contributed by atoms with van der Waals surface area (Å²) < 4.78 is 5.02. The molecule has 110 valence electrons. The lowest BCUT2D eigenvalue weighted by atomic mass is 10.1. The van der Waals surface area contributed by atoms with Crippen molar-refractivity contribution < 1.29 is 9.53 Å². The maximum absolute atomic E-state index is 11.9. The van der Waals surface area contributed by atoms with Crippen molar-refractivity contribution in [3.05, 3.63) is 17.8 Å². The van der Waals surface area contributed by atoms with Crippen molar-refractivity contribution in [2.75, 3.05) is 43.9 Å². The number of pyridine rings is 1. The molecule has 0 bridgehead atoms. The summed E-state index contributed by atoms with van der Waals surface area (Å²) in [6.45, 7) is 6.92. The van der Waals surface area contributed by atoms with Gasteiger partial charge < -0.3 is 20.3 Å². The molecule has 2 heterocycles. The first-order chi connectivity index (χ1) is 9.54. The Balaban J connectivity index is 2.25. The standard InChI is InChI=1S/C14H22N4O2/c1-4-20-14(19)11-5-6-16-13(12(11)15)18-8-7-17(3)10(2)9-18/h5-6,10H,4,7-9,15H2,1-3H3.